The van der Waals surface area contributed by atoms with E-state index in [9.17, 15) is 0 Å². The molecule has 0 aliphatic rings. The van der Waals surface area contributed by atoms with Gasteiger partial charge in [0.15, 0.2) is 0 Å². The first-order chi connectivity index (χ1) is 4.38. The van der Waals surface area contributed by atoms with Crippen molar-refractivity contribution in [1.29, 1.82) is 0 Å². The molecule has 0 aromatic carbocycles. The summed E-state index contributed by atoms with van der Waals surface area (Å²) in [5, 5.41) is 1.14. The third kappa shape index (κ3) is 1.04. The van der Waals surface area contributed by atoms with Gasteiger partial charge >= 0.3 is 0 Å². The van der Waals surface area contributed by atoms with E-state index in [1.807, 2.05) is 13.0 Å². The van der Waals surface area contributed by atoms with Crippen molar-refractivity contribution in [1.82, 2.24) is 4.37 Å². The van der Waals surface area contributed by atoms with E-state index in [0.29, 0.717) is 0 Å². The molecular formula is C6H5NOPtS. The molecule has 0 N–H and O–H groups in total. The van der Waals surface area contributed by atoms with Crippen LogP contribution in [0.5, 0.6) is 0 Å². The number of aryl methyl sites for hydroxylation is 1. The van der Waals surface area contributed by atoms with Crippen LogP contribution < -0.4 is 0 Å². The van der Waals surface area contributed by atoms with E-state index in [4.69, 9.17) is 4.42 Å². The molecule has 0 unspecified atom stereocenters. The first-order valence-electron chi connectivity index (χ1n) is 2.67. The van der Waals surface area contributed by atoms with Crippen LogP contribution >= 0.6 is 11.5 Å². The predicted molar refractivity (Wildman–Crippen MR) is 36.6 cm³/mol. The number of rotatable bonds is 0. The number of hydrogen-bond donors (Lipinski definition) is 0. The zero-order chi connectivity index (χ0) is 6.27. The van der Waals surface area contributed by atoms with Gasteiger partial charge in [0.1, 0.15) is 0 Å². The van der Waals surface area contributed by atoms with Crippen molar-refractivity contribution in [3.8, 4) is 0 Å². The van der Waals surface area contributed by atoms with Gasteiger partial charge in [-0.25, -0.2) is 0 Å². The van der Waals surface area contributed by atoms with E-state index >= 15 is 0 Å². The Kier molecular flexibility index (Phi) is 2.27. The maximum atomic E-state index is 5.09. The zero-order valence-corrected chi connectivity index (χ0v) is 8.32. The van der Waals surface area contributed by atoms with Crippen molar-refractivity contribution in [2.75, 3.05) is 0 Å². The second kappa shape index (κ2) is 2.85. The van der Waals surface area contributed by atoms with Gasteiger partial charge in [0.05, 0.1) is 17.3 Å². The van der Waals surface area contributed by atoms with Gasteiger partial charge in [0.25, 0.3) is 0 Å². The van der Waals surface area contributed by atoms with Gasteiger partial charge in [-0.3, -0.25) is 0 Å². The van der Waals surface area contributed by atoms with Crippen LogP contribution in [0.15, 0.2) is 16.7 Å². The van der Waals surface area contributed by atoms with Gasteiger partial charge in [0.2, 0.25) is 4.90 Å². The Morgan fingerprint density at radius 3 is 3.10 bits per heavy atom. The summed E-state index contributed by atoms with van der Waals surface area (Å²) in [4.78, 5) is 0.924. The number of furan rings is 1. The van der Waals surface area contributed by atoms with E-state index in [2.05, 4.69) is 4.37 Å². The van der Waals surface area contributed by atoms with Crippen LogP contribution in [0.2, 0.25) is 0 Å². The number of fused-ring (bicyclic) bond motifs is 1. The fraction of sp³-hybridized carbons (Fsp3) is 0.167. The molecule has 0 aliphatic carbocycles. The maximum Gasteiger partial charge on any atom is 0.206 e. The van der Waals surface area contributed by atoms with Crippen molar-refractivity contribution in [2.24, 2.45) is 0 Å². The molecule has 0 amide bonds. The molecule has 0 saturated carbocycles. The minimum absolute atomic E-state index is 0. The molecule has 0 fully saturated rings. The fourth-order valence-electron chi connectivity index (χ4n) is 0.793. The molecule has 2 rings (SSSR count). The van der Waals surface area contributed by atoms with E-state index < -0.39 is 0 Å². The standard InChI is InChI=1S/C6H5NOS.Pt/c1-4-5-2-3-8-6(5)9-7-4;/h2-3H,1H3;. The maximum absolute atomic E-state index is 5.09. The van der Waals surface area contributed by atoms with Crippen molar-refractivity contribution in [3.63, 3.8) is 0 Å². The molecule has 2 heterocycles. The summed E-state index contributed by atoms with van der Waals surface area (Å²) in [6.07, 6.45) is 1.69. The second-order valence-corrected chi connectivity index (χ2v) is 2.63. The van der Waals surface area contributed by atoms with Crippen molar-refractivity contribution < 1.29 is 25.5 Å². The Labute approximate surface area is 76.7 Å². The van der Waals surface area contributed by atoms with Crippen LogP contribution in [0.1, 0.15) is 5.69 Å². The number of hydrogen-bond acceptors (Lipinski definition) is 3. The van der Waals surface area contributed by atoms with Gasteiger partial charge in [-0.05, 0) is 13.0 Å². The van der Waals surface area contributed by atoms with Gasteiger partial charge in [0, 0.05) is 32.6 Å². The molecule has 0 atom stereocenters. The van der Waals surface area contributed by atoms with E-state index in [0.717, 1.165) is 16.0 Å². The second-order valence-electron chi connectivity index (χ2n) is 1.89. The van der Waals surface area contributed by atoms with Gasteiger partial charge in [-0.2, -0.15) is 4.37 Å². The summed E-state index contributed by atoms with van der Waals surface area (Å²) >= 11 is 1.40. The number of aromatic nitrogens is 1. The molecule has 56 valence electrons. The molecule has 10 heavy (non-hydrogen) atoms. The van der Waals surface area contributed by atoms with Gasteiger partial charge in [-0.15, -0.1) is 0 Å². The molecule has 0 radical (unpaired) electrons. The average molecular weight is 334 g/mol. The topological polar surface area (TPSA) is 26.0 Å². The van der Waals surface area contributed by atoms with Crippen molar-refractivity contribution in [2.45, 2.75) is 6.92 Å². The smallest absolute Gasteiger partial charge is 0.206 e. The molecule has 0 spiro atoms. The van der Waals surface area contributed by atoms with E-state index in [-0.39, 0.29) is 21.1 Å². The van der Waals surface area contributed by atoms with Crippen molar-refractivity contribution >= 4 is 21.8 Å². The normalized spacial score (nSPS) is 9.70. The summed E-state index contributed by atoms with van der Waals surface area (Å²) in [6, 6.07) is 1.94. The molecular weight excluding hydrogens is 329 g/mol. The molecule has 0 bridgehead atoms. The molecule has 0 saturated heterocycles. The van der Waals surface area contributed by atoms with Crippen LogP contribution in [0.25, 0.3) is 10.3 Å². The molecule has 2 nitrogen and oxygen atoms in total. The average Bonchev–Trinajstić information content (AvgIpc) is 2.35. The Balaban J connectivity index is 0.000000500. The van der Waals surface area contributed by atoms with Crippen LogP contribution in [0, 0.1) is 6.92 Å². The summed E-state index contributed by atoms with van der Waals surface area (Å²) in [6.45, 7) is 1.98. The minimum atomic E-state index is 0. The SMILES string of the molecule is Cc1nsc2occc12.[Pt]. The Morgan fingerprint density at radius 2 is 2.40 bits per heavy atom. The number of nitrogens with zero attached hydrogens (tertiary/aromatic N) is 1. The first kappa shape index (κ1) is 7.96. The summed E-state index contributed by atoms with van der Waals surface area (Å²) in [5.74, 6) is 0. The summed E-state index contributed by atoms with van der Waals surface area (Å²) in [7, 11) is 0. The van der Waals surface area contributed by atoms with Crippen LogP contribution in [-0.4, -0.2) is 4.37 Å². The largest absolute Gasteiger partial charge is 0.452 e. The monoisotopic (exact) mass is 334 g/mol. The molecule has 2 aromatic heterocycles. The van der Waals surface area contributed by atoms with Gasteiger partial charge in [-0.1, -0.05) is 0 Å². The fourth-order valence-corrected chi connectivity index (χ4v) is 1.52. The first-order valence-corrected chi connectivity index (χ1v) is 3.45. The summed E-state index contributed by atoms with van der Waals surface area (Å²) < 4.78 is 9.20. The van der Waals surface area contributed by atoms with E-state index in [1.54, 1.807) is 6.26 Å². The molecule has 0 aliphatic heterocycles. The van der Waals surface area contributed by atoms with Crippen LogP contribution in [0.3, 0.4) is 0 Å². The minimum Gasteiger partial charge on any atom is -0.452 e. The quantitative estimate of drug-likeness (QED) is 0.738. The van der Waals surface area contributed by atoms with Crippen LogP contribution in [0.4, 0.5) is 0 Å². The van der Waals surface area contributed by atoms with Crippen molar-refractivity contribution in [3.05, 3.63) is 18.0 Å². The molecule has 2 aromatic rings. The Bertz CT molecular complexity index is 327. The van der Waals surface area contributed by atoms with Crippen LogP contribution in [-0.2, 0) is 21.1 Å². The summed E-state index contributed by atoms with van der Waals surface area (Å²) in [5.41, 5.74) is 1.06. The predicted octanol–water partition coefficient (Wildman–Crippen LogP) is 2.20. The van der Waals surface area contributed by atoms with Gasteiger partial charge < -0.3 is 4.42 Å². The third-order valence-corrected chi connectivity index (χ3v) is 2.13. The Morgan fingerprint density at radius 1 is 1.60 bits per heavy atom. The molecule has 4 heteroatoms. The Hall–Kier alpha value is -0.142. The third-order valence-electron chi connectivity index (χ3n) is 1.28. The van der Waals surface area contributed by atoms with E-state index in [1.165, 1.54) is 11.5 Å². The zero-order valence-electron chi connectivity index (χ0n) is 5.23.